The molecule has 0 N–H and O–H groups in total. The van der Waals surface area contributed by atoms with Gasteiger partial charge in [-0.25, -0.2) is 4.98 Å². The van der Waals surface area contributed by atoms with E-state index in [9.17, 15) is 0 Å². The quantitative estimate of drug-likeness (QED) is 0.165. The molecular weight excluding hydrogens is 788 g/mol. The second-order valence-electron chi connectivity index (χ2n) is 14.8. The summed E-state index contributed by atoms with van der Waals surface area (Å²) in [6, 6.07) is 32.4. The normalized spacial score (nSPS) is 18.8. The maximum atomic E-state index is 6.63. The average molecular weight is 828 g/mol. The van der Waals surface area contributed by atoms with Gasteiger partial charge in [0.2, 0.25) is 0 Å². The fourth-order valence-electron chi connectivity index (χ4n) is 7.26. The van der Waals surface area contributed by atoms with Crippen molar-refractivity contribution in [1.82, 2.24) is 9.97 Å². The molecule has 3 aliphatic rings. The van der Waals surface area contributed by atoms with Gasteiger partial charge in [-0.3, -0.25) is 9.98 Å². The third-order valence-electron chi connectivity index (χ3n) is 9.88. The van der Waals surface area contributed by atoms with Crippen LogP contribution in [0.1, 0.15) is 81.7 Å². The summed E-state index contributed by atoms with van der Waals surface area (Å²) < 4.78 is 13.0. The molecule has 2 aromatic heterocycles. The van der Waals surface area contributed by atoms with Crippen molar-refractivity contribution in [1.29, 1.82) is 0 Å². The zero-order chi connectivity index (χ0) is 33.2. The topological polar surface area (TPSA) is 59.8 Å². The van der Waals surface area contributed by atoms with Crippen LogP contribution in [-0.2, 0) is 36.6 Å². The first-order valence-corrected chi connectivity index (χ1v) is 16.9. The summed E-state index contributed by atoms with van der Waals surface area (Å²) in [7, 11) is 0. The molecule has 0 saturated heterocycles. The Morgan fingerprint density at radius 2 is 1.69 bits per heavy atom. The smallest absolute Gasteiger partial charge is 0.515 e. The van der Waals surface area contributed by atoms with Crippen LogP contribution in [0.5, 0.6) is 11.5 Å². The fourth-order valence-corrected chi connectivity index (χ4v) is 7.26. The largest absolute Gasteiger partial charge is 2.00 e. The monoisotopic (exact) mass is 827 g/mol. The molecule has 6 nitrogen and oxygen atoms in total. The number of aliphatic imine (C=N–C) groups is 1. The Morgan fingerprint density at radius 1 is 0.878 bits per heavy atom. The van der Waals surface area contributed by atoms with Gasteiger partial charge in [-0.05, 0) is 60.1 Å². The van der Waals surface area contributed by atoms with Gasteiger partial charge in [0.25, 0.3) is 0 Å². The van der Waals surface area contributed by atoms with Crippen LogP contribution in [0.4, 0.5) is 17.2 Å². The van der Waals surface area contributed by atoms with Crippen LogP contribution in [0.15, 0.2) is 90.2 Å². The minimum atomic E-state index is -0.235. The van der Waals surface area contributed by atoms with Crippen molar-refractivity contribution < 1.29 is 30.5 Å². The molecule has 250 valence electrons. The minimum absolute atomic E-state index is 0. The van der Waals surface area contributed by atoms with Crippen molar-refractivity contribution in [3.05, 3.63) is 125 Å². The Balaban J connectivity index is 0.00000378. The van der Waals surface area contributed by atoms with Gasteiger partial charge in [0.15, 0.2) is 0 Å². The Hall–Kier alpha value is -4.28. The first-order chi connectivity index (χ1) is 23.0. The number of fused-ring (bicyclic) bond motifs is 3. The third kappa shape index (κ3) is 6.10. The van der Waals surface area contributed by atoms with Gasteiger partial charge in [0.05, 0.1) is 11.7 Å². The molecule has 4 heterocycles. The first kappa shape index (κ1) is 33.2. The van der Waals surface area contributed by atoms with Crippen LogP contribution in [0.25, 0.3) is 11.3 Å². The maximum absolute atomic E-state index is 6.63. The van der Waals surface area contributed by atoms with Gasteiger partial charge in [0.1, 0.15) is 17.8 Å². The number of benzene rings is 3. The molecule has 1 fully saturated rings. The molecule has 2 aliphatic heterocycles. The number of hydrogen-bond acceptors (Lipinski definition) is 6. The number of nitrogens with zero attached hydrogens (tertiary/aromatic N) is 4. The van der Waals surface area contributed by atoms with E-state index >= 15 is 0 Å². The molecule has 5 aromatic rings. The van der Waals surface area contributed by atoms with Gasteiger partial charge in [0, 0.05) is 40.6 Å². The SMILES string of the molecule is Cc1cc(Oc2[c-]c(C3=N[C@@H]4CCC[C@@H]4O3)cc(-c3ccccn3)c2)[c-]c(N2c3ccc(C(C)(C)C)cc3C(C)(C)c3cccnc32)c1.[Pt+2]. The van der Waals surface area contributed by atoms with E-state index in [1.807, 2.05) is 48.7 Å². The summed E-state index contributed by atoms with van der Waals surface area (Å²) in [5, 5.41) is 0. The summed E-state index contributed by atoms with van der Waals surface area (Å²) in [5.41, 5.74) is 9.06. The van der Waals surface area contributed by atoms with Crippen LogP contribution in [-0.4, -0.2) is 28.0 Å². The molecule has 49 heavy (non-hydrogen) atoms. The molecule has 1 aliphatic carbocycles. The molecule has 0 unspecified atom stereocenters. The molecular formula is C42H40N4O2Pt. The summed E-state index contributed by atoms with van der Waals surface area (Å²) in [5.74, 6) is 2.68. The molecule has 8 rings (SSSR count). The van der Waals surface area contributed by atoms with Gasteiger partial charge in [-0.2, -0.15) is 5.56 Å². The van der Waals surface area contributed by atoms with Crippen molar-refractivity contribution in [2.24, 2.45) is 4.99 Å². The number of ether oxygens (including phenoxy) is 2. The number of anilines is 3. The predicted molar refractivity (Wildman–Crippen MR) is 191 cm³/mol. The second kappa shape index (κ2) is 12.6. The minimum Gasteiger partial charge on any atom is -0.515 e. The van der Waals surface area contributed by atoms with Crippen molar-refractivity contribution in [2.45, 2.75) is 83.8 Å². The summed E-state index contributed by atoms with van der Waals surface area (Å²) >= 11 is 0. The second-order valence-corrected chi connectivity index (χ2v) is 14.8. The van der Waals surface area contributed by atoms with E-state index in [-0.39, 0.29) is 44.0 Å². The van der Waals surface area contributed by atoms with Crippen LogP contribution >= 0.6 is 0 Å². The van der Waals surface area contributed by atoms with Gasteiger partial charge < -0.3 is 14.4 Å². The first-order valence-electron chi connectivity index (χ1n) is 16.9. The van der Waals surface area contributed by atoms with Gasteiger partial charge >= 0.3 is 21.1 Å². The molecule has 1 saturated carbocycles. The number of rotatable bonds is 5. The molecule has 2 atom stereocenters. The van der Waals surface area contributed by atoms with E-state index in [1.54, 1.807) is 6.20 Å². The van der Waals surface area contributed by atoms with Crippen molar-refractivity contribution >= 4 is 23.1 Å². The summed E-state index contributed by atoms with van der Waals surface area (Å²) in [4.78, 5) is 16.7. The van der Waals surface area contributed by atoms with Crippen molar-refractivity contribution in [3.8, 4) is 22.8 Å². The van der Waals surface area contributed by atoms with Crippen LogP contribution in [0.3, 0.4) is 0 Å². The fraction of sp³-hybridized carbons (Fsp3) is 0.310. The van der Waals surface area contributed by atoms with E-state index < -0.39 is 0 Å². The third-order valence-corrected chi connectivity index (χ3v) is 9.88. The Bertz CT molecular complexity index is 2070. The molecule has 0 spiro atoms. The zero-order valence-electron chi connectivity index (χ0n) is 28.8. The average Bonchev–Trinajstić information content (AvgIpc) is 3.68. The van der Waals surface area contributed by atoms with Crippen molar-refractivity contribution in [3.63, 3.8) is 0 Å². The Labute approximate surface area is 303 Å². The number of aromatic nitrogens is 2. The summed E-state index contributed by atoms with van der Waals surface area (Å²) in [6.45, 7) is 13.4. The number of aryl methyl sites for hydroxylation is 1. The van der Waals surface area contributed by atoms with Gasteiger partial charge in [-0.15, -0.1) is 24.3 Å². The number of pyridine rings is 2. The van der Waals surface area contributed by atoms with Crippen LogP contribution in [0.2, 0.25) is 0 Å². The van der Waals surface area contributed by atoms with Gasteiger partial charge in [-0.1, -0.05) is 94.8 Å². The standard InChI is InChI=1S/C42H40N4O2.Pt/c1-26-19-30(46-37-16-15-29(41(2,3)4)24-34(37)42(5,6)33-11-10-18-44-39(33)46)25-31(20-26)47-32-22-27(35-12-7-8-17-43-35)21-28(23-32)40-45-36-13-9-14-38(36)48-40;/h7-8,10-12,15-22,24,36,38H,9,13-14H2,1-6H3;/q-2;+2/t36-,38+;/m1./s1. The molecule has 0 amide bonds. The van der Waals surface area contributed by atoms with E-state index in [2.05, 4.69) is 93.9 Å². The van der Waals surface area contributed by atoms with Crippen molar-refractivity contribution in [2.75, 3.05) is 4.90 Å². The van der Waals surface area contributed by atoms with E-state index in [0.29, 0.717) is 17.4 Å². The summed E-state index contributed by atoms with van der Waals surface area (Å²) in [6.07, 6.45) is 7.07. The van der Waals surface area contributed by atoms with E-state index in [4.69, 9.17) is 19.5 Å². The predicted octanol–water partition coefficient (Wildman–Crippen LogP) is 9.95. The molecule has 0 radical (unpaired) electrons. The Morgan fingerprint density at radius 3 is 2.47 bits per heavy atom. The molecule has 7 heteroatoms. The van der Waals surface area contributed by atoms with Crippen LogP contribution in [0, 0.1) is 19.1 Å². The molecule has 0 bridgehead atoms. The van der Waals surface area contributed by atoms with E-state index in [0.717, 1.165) is 58.8 Å². The maximum Gasteiger partial charge on any atom is 2.00 e. The van der Waals surface area contributed by atoms with E-state index in [1.165, 1.54) is 16.7 Å². The molecule has 3 aromatic carbocycles. The number of hydrogen-bond donors (Lipinski definition) is 0. The zero-order valence-corrected chi connectivity index (χ0v) is 31.1. The Kier molecular flexibility index (Phi) is 8.51. The van der Waals surface area contributed by atoms with Crippen LogP contribution < -0.4 is 9.64 Å².